The van der Waals surface area contributed by atoms with Gasteiger partial charge in [-0.05, 0) is 12.0 Å². The average molecular weight is 297 g/mol. The van der Waals surface area contributed by atoms with E-state index in [-0.39, 0.29) is 28.4 Å². The summed E-state index contributed by atoms with van der Waals surface area (Å²) in [5.74, 6) is -1.37. The van der Waals surface area contributed by atoms with E-state index in [1.165, 1.54) is 12.6 Å². The topological polar surface area (TPSA) is 98.0 Å². The molecule has 0 atom stereocenters. The molecular weight excluding hydrogens is 285 g/mol. The molecule has 112 valence electrons. The van der Waals surface area contributed by atoms with Crippen LogP contribution >= 0.6 is 0 Å². The molecule has 1 aromatic heterocycles. The molecule has 2 heterocycles. The third kappa shape index (κ3) is 2.36. The lowest BCUT2D eigenvalue weighted by molar-refractivity contribution is -0.392. The quantitative estimate of drug-likeness (QED) is 0.448. The standard InChI is InChI=1S/C9H11F3N4O4/c1-14-4-6-5(7(14)8(17)18)2-3-15(9(10,11)12)13-16(6,19)20/h4,13,19-20H,2-3H2,1H3/p+1. The molecule has 0 unspecified atom stereocenters. The number of carboxylic acid groups (broad SMARTS) is 1. The summed E-state index contributed by atoms with van der Waals surface area (Å²) in [6.45, 7) is -0.665. The monoisotopic (exact) mass is 297 g/mol. The van der Waals surface area contributed by atoms with E-state index in [1.807, 2.05) is 0 Å². The molecule has 11 heteroatoms. The fourth-order valence-corrected chi connectivity index (χ4v) is 2.13. The van der Waals surface area contributed by atoms with Crippen molar-refractivity contribution < 1.29 is 33.5 Å². The van der Waals surface area contributed by atoms with Gasteiger partial charge in [-0.15, -0.1) is 0 Å². The Morgan fingerprint density at radius 3 is 2.55 bits per heavy atom. The molecule has 0 radical (unpaired) electrons. The largest absolute Gasteiger partial charge is 0.477 e. The number of carbonyl (C=O) groups is 1. The van der Waals surface area contributed by atoms with Crippen LogP contribution in [0, 0.1) is 0 Å². The van der Waals surface area contributed by atoms with Gasteiger partial charge in [-0.25, -0.2) is 4.79 Å². The number of aromatic carboxylic acids is 1. The van der Waals surface area contributed by atoms with Crippen LogP contribution in [0.15, 0.2) is 6.20 Å². The smallest absolute Gasteiger partial charge is 0.477 e. The SMILES string of the molecule is Cn1cc2c(c1C(=O)O)CCN(C(F)(F)F)N[N+]2(O)O. The molecule has 0 fully saturated rings. The van der Waals surface area contributed by atoms with Gasteiger partial charge in [0.15, 0.2) is 0 Å². The molecule has 4 N–H and O–H groups in total. The van der Waals surface area contributed by atoms with Crippen LogP contribution in [0.1, 0.15) is 16.1 Å². The van der Waals surface area contributed by atoms with Gasteiger partial charge in [0.05, 0.1) is 16.7 Å². The normalized spacial score (nSPS) is 19.5. The van der Waals surface area contributed by atoms with Crippen LogP contribution < -0.4 is 10.5 Å². The summed E-state index contributed by atoms with van der Waals surface area (Å²) in [4.78, 5) is 8.83. The van der Waals surface area contributed by atoms with Gasteiger partial charge < -0.3 is 9.67 Å². The van der Waals surface area contributed by atoms with Gasteiger partial charge in [-0.1, -0.05) is 5.01 Å². The molecule has 0 saturated heterocycles. The number of carboxylic acids is 1. The molecule has 0 spiro atoms. The summed E-state index contributed by atoms with van der Waals surface area (Å²) < 4.78 is 39.0. The molecule has 1 aliphatic rings. The van der Waals surface area contributed by atoms with Crippen LogP contribution in [0.5, 0.6) is 0 Å². The molecule has 0 amide bonds. The first-order chi connectivity index (χ1) is 9.04. The number of hydrogen-bond acceptors (Lipinski definition) is 5. The summed E-state index contributed by atoms with van der Waals surface area (Å²) in [6, 6.07) is 0. The Hall–Kier alpha value is -1.66. The van der Waals surface area contributed by atoms with Crippen molar-refractivity contribution in [1.29, 1.82) is 0 Å². The third-order valence-corrected chi connectivity index (χ3v) is 2.95. The molecule has 1 aromatic rings. The van der Waals surface area contributed by atoms with Gasteiger partial charge >= 0.3 is 12.3 Å². The van der Waals surface area contributed by atoms with Crippen LogP contribution in [0.25, 0.3) is 0 Å². The number of fused-ring (bicyclic) bond motifs is 1. The Morgan fingerprint density at radius 2 is 2.05 bits per heavy atom. The number of nitrogens with zero attached hydrogens (tertiary/aromatic N) is 3. The molecule has 2 rings (SSSR count). The summed E-state index contributed by atoms with van der Waals surface area (Å²) in [5, 5.41) is 28.1. The van der Waals surface area contributed by atoms with E-state index in [9.17, 15) is 28.4 Å². The van der Waals surface area contributed by atoms with Crippen molar-refractivity contribution in [2.45, 2.75) is 12.7 Å². The fraction of sp³-hybridized carbons (Fsp3) is 0.444. The highest BCUT2D eigenvalue weighted by Crippen LogP contribution is 2.32. The zero-order valence-corrected chi connectivity index (χ0v) is 10.2. The Labute approximate surface area is 110 Å². The van der Waals surface area contributed by atoms with Crippen LogP contribution in [0.3, 0.4) is 0 Å². The average Bonchev–Trinajstić information content (AvgIpc) is 2.54. The molecule has 8 nitrogen and oxygen atoms in total. The second-order valence-electron chi connectivity index (χ2n) is 4.33. The van der Waals surface area contributed by atoms with Crippen molar-refractivity contribution in [1.82, 2.24) is 20.0 Å². The van der Waals surface area contributed by atoms with Crippen LogP contribution in [-0.4, -0.2) is 43.9 Å². The van der Waals surface area contributed by atoms with Crippen LogP contribution in [0.2, 0.25) is 0 Å². The number of hydrazine groups is 1. The summed E-state index contributed by atoms with van der Waals surface area (Å²) >= 11 is 0. The zero-order valence-electron chi connectivity index (χ0n) is 10.2. The Bertz CT molecular complexity index is 554. The zero-order chi connectivity index (χ0) is 15.3. The van der Waals surface area contributed by atoms with E-state index < -0.39 is 23.7 Å². The Kier molecular flexibility index (Phi) is 3.26. The van der Waals surface area contributed by atoms with Gasteiger partial charge in [-0.3, -0.25) is 0 Å². The second kappa shape index (κ2) is 4.43. The number of aromatic nitrogens is 1. The van der Waals surface area contributed by atoms with Crippen molar-refractivity contribution >= 4 is 11.7 Å². The highest BCUT2D eigenvalue weighted by atomic mass is 19.4. The molecule has 0 aliphatic carbocycles. The Balaban J connectivity index is 2.51. The molecule has 0 aromatic carbocycles. The lowest BCUT2D eigenvalue weighted by Gasteiger charge is -2.26. The van der Waals surface area contributed by atoms with Crippen molar-refractivity contribution in [3.05, 3.63) is 17.5 Å². The minimum absolute atomic E-state index is 0.0794. The summed E-state index contributed by atoms with van der Waals surface area (Å²) in [6.07, 6.45) is -4.11. The third-order valence-electron chi connectivity index (χ3n) is 2.95. The molecule has 1 aliphatic heterocycles. The van der Waals surface area contributed by atoms with Gasteiger partial charge in [0.1, 0.15) is 5.69 Å². The second-order valence-corrected chi connectivity index (χ2v) is 4.33. The van der Waals surface area contributed by atoms with E-state index in [1.54, 1.807) is 0 Å². The van der Waals surface area contributed by atoms with E-state index in [2.05, 4.69) is 0 Å². The van der Waals surface area contributed by atoms with E-state index in [0.29, 0.717) is 0 Å². The highest BCUT2D eigenvalue weighted by molar-refractivity contribution is 5.89. The van der Waals surface area contributed by atoms with Gasteiger partial charge in [0.2, 0.25) is 5.69 Å². The van der Waals surface area contributed by atoms with E-state index in [0.717, 1.165) is 10.8 Å². The van der Waals surface area contributed by atoms with Crippen molar-refractivity contribution in [3.8, 4) is 0 Å². The number of rotatable bonds is 1. The number of alkyl halides is 3. The molecule has 20 heavy (non-hydrogen) atoms. The van der Waals surface area contributed by atoms with Crippen LogP contribution in [-0.2, 0) is 13.5 Å². The number of quaternary nitrogens is 1. The predicted molar refractivity (Wildman–Crippen MR) is 57.3 cm³/mol. The van der Waals surface area contributed by atoms with Crippen LogP contribution in [0.4, 0.5) is 18.9 Å². The molecular formula is C9H12F3N4O4+. The maximum Gasteiger partial charge on any atom is 0.477 e. The minimum atomic E-state index is -4.84. The minimum Gasteiger partial charge on any atom is -0.477 e. The maximum atomic E-state index is 12.6. The number of hydrogen-bond donors (Lipinski definition) is 4. The van der Waals surface area contributed by atoms with Gasteiger partial charge in [0.25, 0.3) is 0 Å². The molecule has 0 bridgehead atoms. The number of nitrogens with one attached hydrogen (secondary N) is 1. The number of halogens is 3. The van der Waals surface area contributed by atoms with Gasteiger partial charge in [0, 0.05) is 13.6 Å². The van der Waals surface area contributed by atoms with Crippen molar-refractivity contribution in [2.24, 2.45) is 7.05 Å². The number of aryl methyl sites for hydroxylation is 1. The summed E-state index contributed by atoms with van der Waals surface area (Å²) in [5.41, 5.74) is 0.729. The van der Waals surface area contributed by atoms with E-state index >= 15 is 0 Å². The summed E-state index contributed by atoms with van der Waals surface area (Å²) in [7, 11) is 1.35. The first-order valence-corrected chi connectivity index (χ1v) is 5.43. The van der Waals surface area contributed by atoms with Gasteiger partial charge in [-0.2, -0.15) is 23.6 Å². The first kappa shape index (κ1) is 14.7. The van der Waals surface area contributed by atoms with Crippen molar-refractivity contribution in [2.75, 3.05) is 6.54 Å². The van der Waals surface area contributed by atoms with Crippen molar-refractivity contribution in [3.63, 3.8) is 0 Å². The lowest BCUT2D eigenvalue weighted by Crippen LogP contribution is -2.64. The van der Waals surface area contributed by atoms with E-state index in [4.69, 9.17) is 5.11 Å². The maximum absolute atomic E-state index is 12.6. The first-order valence-electron chi connectivity index (χ1n) is 5.43. The Morgan fingerprint density at radius 1 is 1.45 bits per heavy atom. The predicted octanol–water partition coefficient (Wildman–Crippen LogP) is 0.607. The molecule has 0 saturated carbocycles. The lowest BCUT2D eigenvalue weighted by atomic mass is 10.1. The highest BCUT2D eigenvalue weighted by Gasteiger charge is 2.48. The fourth-order valence-electron chi connectivity index (χ4n) is 2.13.